The number of nitrogens with zero attached hydrogens (tertiary/aromatic N) is 1. The first-order valence-electron chi connectivity index (χ1n) is 6.87. The Labute approximate surface area is 119 Å². The van der Waals surface area contributed by atoms with Gasteiger partial charge in [-0.2, -0.15) is 0 Å². The molecule has 7 heteroatoms. The summed E-state index contributed by atoms with van der Waals surface area (Å²) in [6.07, 6.45) is 1.80. The zero-order valence-corrected chi connectivity index (χ0v) is 12.4. The highest BCUT2D eigenvalue weighted by atomic mass is 16.4. The van der Waals surface area contributed by atoms with Crippen molar-refractivity contribution < 1.29 is 19.5 Å². The number of carbonyl (C=O) groups excluding carboxylic acids is 2. The lowest BCUT2D eigenvalue weighted by Gasteiger charge is -2.21. The lowest BCUT2D eigenvalue weighted by atomic mass is 10.2. The minimum absolute atomic E-state index is 0.105. The van der Waals surface area contributed by atoms with Gasteiger partial charge in [0.25, 0.3) is 0 Å². The highest BCUT2D eigenvalue weighted by Gasteiger charge is 2.16. The Hall–Kier alpha value is -1.63. The first-order chi connectivity index (χ1) is 9.35. The molecule has 0 aromatic heterocycles. The van der Waals surface area contributed by atoms with Gasteiger partial charge in [0.05, 0.1) is 13.1 Å². The molecule has 0 aromatic carbocycles. The summed E-state index contributed by atoms with van der Waals surface area (Å²) in [5, 5.41) is 13.5. The van der Waals surface area contributed by atoms with E-state index < -0.39 is 17.9 Å². The minimum atomic E-state index is -0.995. The second kappa shape index (κ2) is 10.2. The fourth-order valence-electron chi connectivity index (χ4n) is 1.68. The van der Waals surface area contributed by atoms with Crippen molar-refractivity contribution >= 4 is 17.9 Å². The summed E-state index contributed by atoms with van der Waals surface area (Å²) in [7, 11) is 0. The fraction of sp³-hybridized carbons (Fsp3) is 0.769. The number of amides is 3. The van der Waals surface area contributed by atoms with Crippen molar-refractivity contribution in [1.82, 2.24) is 15.5 Å². The lowest BCUT2D eigenvalue weighted by Crippen LogP contribution is -2.46. The highest BCUT2D eigenvalue weighted by molar-refractivity contribution is 5.95. The number of hydrogen-bond acceptors (Lipinski definition) is 4. The molecular formula is C13H25N3O4. The van der Waals surface area contributed by atoms with Gasteiger partial charge in [0.15, 0.2) is 0 Å². The number of unbranched alkanes of at least 4 members (excludes halogenated alkanes) is 1. The van der Waals surface area contributed by atoms with E-state index in [1.54, 1.807) is 0 Å². The van der Waals surface area contributed by atoms with Crippen LogP contribution in [0, 0.1) is 5.92 Å². The van der Waals surface area contributed by atoms with Crippen LogP contribution >= 0.6 is 0 Å². The Balaban J connectivity index is 4.16. The van der Waals surface area contributed by atoms with Gasteiger partial charge in [-0.25, -0.2) is 4.79 Å². The van der Waals surface area contributed by atoms with Crippen LogP contribution in [0.5, 0.6) is 0 Å². The first kappa shape index (κ1) is 18.4. The second-order valence-corrected chi connectivity index (χ2v) is 5.11. The van der Waals surface area contributed by atoms with E-state index in [1.165, 1.54) is 4.90 Å². The molecule has 0 unspecified atom stereocenters. The maximum atomic E-state index is 11.7. The van der Waals surface area contributed by atoms with E-state index in [0.29, 0.717) is 13.1 Å². The molecule has 0 bridgehead atoms. The average Bonchev–Trinajstić information content (AvgIpc) is 2.26. The summed E-state index contributed by atoms with van der Waals surface area (Å²) >= 11 is 0. The van der Waals surface area contributed by atoms with Gasteiger partial charge in [-0.3, -0.25) is 19.8 Å². The number of hydrogen-bond donors (Lipinski definition) is 3. The van der Waals surface area contributed by atoms with E-state index in [4.69, 9.17) is 5.11 Å². The van der Waals surface area contributed by atoms with Gasteiger partial charge in [-0.1, -0.05) is 27.2 Å². The van der Waals surface area contributed by atoms with Crippen LogP contribution in [0.1, 0.15) is 33.6 Å². The van der Waals surface area contributed by atoms with E-state index in [0.717, 1.165) is 12.8 Å². The van der Waals surface area contributed by atoms with Gasteiger partial charge in [0.2, 0.25) is 5.91 Å². The van der Waals surface area contributed by atoms with Gasteiger partial charge in [0.1, 0.15) is 0 Å². The number of rotatable bonds is 9. The van der Waals surface area contributed by atoms with Gasteiger partial charge < -0.3 is 10.4 Å². The molecule has 0 atom stereocenters. The molecule has 116 valence electrons. The number of imide groups is 1. The normalized spacial score (nSPS) is 10.7. The molecule has 0 aliphatic rings. The van der Waals surface area contributed by atoms with Crippen LogP contribution in [0.25, 0.3) is 0 Å². The number of nitrogens with one attached hydrogen (secondary N) is 2. The number of carboxylic acid groups (broad SMARTS) is 1. The van der Waals surface area contributed by atoms with Crippen LogP contribution in [0.15, 0.2) is 0 Å². The van der Waals surface area contributed by atoms with Crippen LogP contribution < -0.4 is 10.6 Å². The Morgan fingerprint density at radius 3 is 2.35 bits per heavy atom. The molecule has 20 heavy (non-hydrogen) atoms. The minimum Gasteiger partial charge on any atom is -0.480 e. The molecule has 3 N–H and O–H groups in total. The molecule has 0 fully saturated rings. The third-order valence-electron chi connectivity index (χ3n) is 2.42. The Morgan fingerprint density at radius 1 is 1.20 bits per heavy atom. The maximum absolute atomic E-state index is 11.7. The molecule has 0 heterocycles. The number of urea groups is 1. The monoisotopic (exact) mass is 287 g/mol. The van der Waals surface area contributed by atoms with Crippen LogP contribution in [-0.2, 0) is 9.59 Å². The van der Waals surface area contributed by atoms with E-state index in [-0.39, 0.29) is 19.0 Å². The van der Waals surface area contributed by atoms with Crippen LogP contribution in [-0.4, -0.2) is 54.1 Å². The Bertz CT molecular complexity index is 332. The summed E-state index contributed by atoms with van der Waals surface area (Å²) in [6, 6.07) is -0.539. The summed E-state index contributed by atoms with van der Waals surface area (Å²) in [5.41, 5.74) is 0. The molecule has 0 aliphatic heterocycles. The average molecular weight is 287 g/mol. The molecule has 0 saturated carbocycles. The predicted molar refractivity (Wildman–Crippen MR) is 75.4 cm³/mol. The summed E-state index contributed by atoms with van der Waals surface area (Å²) < 4.78 is 0. The second-order valence-electron chi connectivity index (χ2n) is 5.11. The smallest absolute Gasteiger partial charge is 0.321 e. The van der Waals surface area contributed by atoms with Gasteiger partial charge in [0, 0.05) is 13.1 Å². The first-order valence-corrected chi connectivity index (χ1v) is 6.87. The molecule has 0 aromatic rings. The van der Waals surface area contributed by atoms with E-state index in [9.17, 15) is 14.4 Å². The molecule has 7 nitrogen and oxygen atoms in total. The third-order valence-corrected chi connectivity index (χ3v) is 2.42. The molecule has 0 saturated heterocycles. The molecule has 0 aliphatic carbocycles. The Morgan fingerprint density at radius 2 is 1.85 bits per heavy atom. The highest BCUT2D eigenvalue weighted by Crippen LogP contribution is 1.98. The molecular weight excluding hydrogens is 262 g/mol. The van der Waals surface area contributed by atoms with Crippen LogP contribution in [0.2, 0.25) is 0 Å². The molecule has 0 rings (SSSR count). The standard InChI is InChI=1S/C13H25N3O4/c1-4-5-6-14-13(20)15-11(17)8-16(7-10(2)3)9-12(18)19/h10H,4-9H2,1-3H3,(H,18,19)(H2,14,15,17,20). The van der Waals surface area contributed by atoms with E-state index >= 15 is 0 Å². The molecule has 0 spiro atoms. The van der Waals surface area contributed by atoms with Gasteiger partial charge >= 0.3 is 12.0 Å². The van der Waals surface area contributed by atoms with Gasteiger partial charge in [-0.05, 0) is 12.3 Å². The third kappa shape index (κ3) is 10.3. The van der Waals surface area contributed by atoms with Crippen molar-refractivity contribution in [3.05, 3.63) is 0 Å². The van der Waals surface area contributed by atoms with Crippen molar-refractivity contribution in [3.63, 3.8) is 0 Å². The number of carboxylic acids is 1. The van der Waals surface area contributed by atoms with Crippen LogP contribution in [0.3, 0.4) is 0 Å². The summed E-state index contributed by atoms with van der Waals surface area (Å²) in [6.45, 7) is 6.54. The zero-order valence-electron chi connectivity index (χ0n) is 12.4. The van der Waals surface area contributed by atoms with Crippen molar-refractivity contribution in [3.8, 4) is 0 Å². The SMILES string of the molecule is CCCCNC(=O)NC(=O)CN(CC(=O)O)CC(C)C. The largest absolute Gasteiger partial charge is 0.480 e. The van der Waals surface area contributed by atoms with Crippen LogP contribution in [0.4, 0.5) is 4.79 Å². The molecule has 0 radical (unpaired) electrons. The van der Waals surface area contributed by atoms with Crippen molar-refractivity contribution in [1.29, 1.82) is 0 Å². The summed E-state index contributed by atoms with van der Waals surface area (Å²) in [4.78, 5) is 35.2. The van der Waals surface area contributed by atoms with E-state index in [2.05, 4.69) is 10.6 Å². The maximum Gasteiger partial charge on any atom is 0.321 e. The predicted octanol–water partition coefficient (Wildman–Crippen LogP) is 0.655. The lowest BCUT2D eigenvalue weighted by molar-refractivity contribution is -0.138. The number of aliphatic carboxylic acids is 1. The Kier molecular flexibility index (Phi) is 9.36. The fourth-order valence-corrected chi connectivity index (χ4v) is 1.68. The quantitative estimate of drug-likeness (QED) is 0.541. The van der Waals surface area contributed by atoms with Crippen molar-refractivity contribution in [2.45, 2.75) is 33.6 Å². The topological polar surface area (TPSA) is 98.7 Å². The van der Waals surface area contributed by atoms with Crippen molar-refractivity contribution in [2.24, 2.45) is 5.92 Å². The zero-order chi connectivity index (χ0) is 15.5. The molecule has 3 amide bonds. The number of carbonyl (C=O) groups is 3. The van der Waals surface area contributed by atoms with Crippen molar-refractivity contribution in [2.75, 3.05) is 26.2 Å². The van der Waals surface area contributed by atoms with Gasteiger partial charge in [-0.15, -0.1) is 0 Å². The van der Waals surface area contributed by atoms with E-state index in [1.807, 2.05) is 20.8 Å². The summed E-state index contributed by atoms with van der Waals surface area (Å²) in [5.74, 6) is -1.26.